The monoisotopic (exact) mass is 577 g/mol. The number of amides is 2. The number of anilines is 1. The van der Waals surface area contributed by atoms with Crippen LogP contribution >= 0.6 is 22.6 Å². The van der Waals surface area contributed by atoms with Crippen molar-refractivity contribution in [3.63, 3.8) is 0 Å². The standard InChI is InChI=1S/C23H20IN3O5S/c1-32-19-8-10-20(11-9-19)33(30,31)26(15-16-3-2-12-25-14-16)21-13-22(28)27(23(21)29)18-6-4-17(24)5-7-18/h2-12,14,21H,13,15H2,1H3. The first-order chi connectivity index (χ1) is 15.8. The normalized spacial score (nSPS) is 16.5. The molecule has 0 saturated carbocycles. The van der Waals surface area contributed by atoms with Crippen molar-refractivity contribution in [2.75, 3.05) is 12.0 Å². The van der Waals surface area contributed by atoms with Crippen molar-refractivity contribution in [2.24, 2.45) is 0 Å². The Morgan fingerprint density at radius 3 is 2.39 bits per heavy atom. The molecule has 1 atom stereocenters. The highest BCUT2D eigenvalue weighted by molar-refractivity contribution is 14.1. The van der Waals surface area contributed by atoms with E-state index < -0.39 is 27.9 Å². The average molecular weight is 577 g/mol. The van der Waals surface area contributed by atoms with Gasteiger partial charge in [0, 0.05) is 22.5 Å². The summed E-state index contributed by atoms with van der Waals surface area (Å²) in [4.78, 5) is 31.3. The summed E-state index contributed by atoms with van der Waals surface area (Å²) in [5, 5.41) is 0. The Kier molecular flexibility index (Phi) is 6.77. The van der Waals surface area contributed by atoms with Gasteiger partial charge in [-0.2, -0.15) is 4.31 Å². The first-order valence-electron chi connectivity index (χ1n) is 9.98. The molecule has 0 aliphatic carbocycles. The zero-order valence-electron chi connectivity index (χ0n) is 17.6. The van der Waals surface area contributed by atoms with E-state index in [2.05, 4.69) is 27.6 Å². The molecule has 2 heterocycles. The third-order valence-corrected chi connectivity index (χ3v) is 7.87. The molecule has 0 bridgehead atoms. The molecule has 10 heteroatoms. The van der Waals surface area contributed by atoms with Gasteiger partial charge in [0.1, 0.15) is 11.8 Å². The number of methoxy groups -OCH3 is 1. The van der Waals surface area contributed by atoms with Crippen molar-refractivity contribution in [1.82, 2.24) is 9.29 Å². The van der Waals surface area contributed by atoms with Crippen molar-refractivity contribution < 1.29 is 22.7 Å². The molecule has 1 aliphatic heterocycles. The SMILES string of the molecule is COc1ccc(S(=O)(=O)N(Cc2cccnc2)C2CC(=O)N(c3ccc(I)cc3)C2=O)cc1. The number of hydrogen-bond acceptors (Lipinski definition) is 6. The second-order valence-electron chi connectivity index (χ2n) is 7.35. The molecule has 170 valence electrons. The van der Waals surface area contributed by atoms with Crippen molar-refractivity contribution in [2.45, 2.75) is 23.9 Å². The van der Waals surface area contributed by atoms with Crippen LogP contribution in [0.3, 0.4) is 0 Å². The lowest BCUT2D eigenvalue weighted by atomic mass is 10.2. The first kappa shape index (κ1) is 23.3. The second kappa shape index (κ2) is 9.57. The van der Waals surface area contributed by atoms with Gasteiger partial charge >= 0.3 is 0 Å². The van der Waals surface area contributed by atoms with Gasteiger partial charge in [-0.3, -0.25) is 14.6 Å². The van der Waals surface area contributed by atoms with Gasteiger partial charge in [0.25, 0.3) is 5.91 Å². The highest BCUT2D eigenvalue weighted by Gasteiger charge is 2.47. The number of pyridine rings is 1. The van der Waals surface area contributed by atoms with Crippen LogP contribution in [0.25, 0.3) is 0 Å². The van der Waals surface area contributed by atoms with Crippen LogP contribution in [0.5, 0.6) is 5.75 Å². The van der Waals surface area contributed by atoms with Crippen LogP contribution in [0.1, 0.15) is 12.0 Å². The summed E-state index contributed by atoms with van der Waals surface area (Å²) in [5.74, 6) is -0.528. The minimum absolute atomic E-state index is 0.000143. The molecule has 8 nitrogen and oxygen atoms in total. The predicted octanol–water partition coefficient (Wildman–Crippen LogP) is 3.22. The number of carbonyl (C=O) groups excluding carboxylic acids is 2. The molecule has 4 rings (SSSR count). The van der Waals surface area contributed by atoms with Gasteiger partial charge in [-0.15, -0.1) is 0 Å². The van der Waals surface area contributed by atoms with E-state index in [0.29, 0.717) is 17.0 Å². The lowest BCUT2D eigenvalue weighted by molar-refractivity contribution is -0.122. The number of carbonyl (C=O) groups is 2. The Hall–Kier alpha value is -2.83. The zero-order valence-corrected chi connectivity index (χ0v) is 20.6. The molecule has 0 radical (unpaired) electrons. The van der Waals surface area contributed by atoms with Crippen LogP contribution in [-0.4, -0.2) is 42.7 Å². The van der Waals surface area contributed by atoms with Gasteiger partial charge in [0.05, 0.1) is 24.1 Å². The fourth-order valence-corrected chi connectivity index (χ4v) is 5.55. The average Bonchev–Trinajstić information content (AvgIpc) is 3.12. The molecule has 1 fully saturated rings. The third-order valence-electron chi connectivity index (χ3n) is 5.28. The maximum atomic E-state index is 13.6. The molecule has 1 unspecified atom stereocenters. The summed E-state index contributed by atoms with van der Waals surface area (Å²) in [6.07, 6.45) is 2.86. The Morgan fingerprint density at radius 1 is 1.09 bits per heavy atom. The molecule has 1 aliphatic rings. The highest BCUT2D eigenvalue weighted by atomic mass is 127. The van der Waals surface area contributed by atoms with Crippen LogP contribution in [0.2, 0.25) is 0 Å². The number of halogens is 1. The molecule has 33 heavy (non-hydrogen) atoms. The van der Waals surface area contributed by atoms with E-state index in [0.717, 1.165) is 12.8 Å². The van der Waals surface area contributed by atoms with E-state index in [4.69, 9.17) is 4.74 Å². The number of rotatable bonds is 7. The Balaban J connectivity index is 1.73. The van der Waals surface area contributed by atoms with Crippen LogP contribution in [0.4, 0.5) is 5.69 Å². The molecule has 0 N–H and O–H groups in total. The molecular formula is C23H20IN3O5S. The second-order valence-corrected chi connectivity index (χ2v) is 10.5. The summed E-state index contributed by atoms with van der Waals surface area (Å²) >= 11 is 2.13. The molecular weight excluding hydrogens is 557 g/mol. The maximum absolute atomic E-state index is 13.6. The number of benzene rings is 2. The minimum atomic E-state index is -4.13. The fraction of sp³-hybridized carbons (Fsp3) is 0.174. The van der Waals surface area contributed by atoms with E-state index in [-0.39, 0.29) is 17.9 Å². The number of aromatic nitrogens is 1. The van der Waals surface area contributed by atoms with Gasteiger partial charge in [-0.1, -0.05) is 6.07 Å². The van der Waals surface area contributed by atoms with Crippen molar-refractivity contribution in [1.29, 1.82) is 0 Å². The molecule has 1 saturated heterocycles. The minimum Gasteiger partial charge on any atom is -0.497 e. The topological polar surface area (TPSA) is 96.9 Å². The van der Waals surface area contributed by atoms with Crippen LogP contribution in [0.15, 0.2) is 78.0 Å². The van der Waals surface area contributed by atoms with E-state index >= 15 is 0 Å². The quantitative estimate of drug-likeness (QED) is 0.316. The van der Waals surface area contributed by atoms with Gasteiger partial charge in [0.2, 0.25) is 15.9 Å². The molecule has 2 amide bonds. The summed E-state index contributed by atoms with van der Waals surface area (Å²) in [6, 6.07) is 15.1. The number of imide groups is 1. The smallest absolute Gasteiger partial charge is 0.252 e. The lowest BCUT2D eigenvalue weighted by Gasteiger charge is -2.27. The van der Waals surface area contributed by atoms with Gasteiger partial charge in [0.15, 0.2) is 0 Å². The van der Waals surface area contributed by atoms with E-state index in [1.54, 1.807) is 42.6 Å². The van der Waals surface area contributed by atoms with Crippen molar-refractivity contribution in [3.05, 3.63) is 82.2 Å². The third kappa shape index (κ3) is 4.77. The predicted molar refractivity (Wildman–Crippen MR) is 130 cm³/mol. The van der Waals surface area contributed by atoms with E-state index in [1.807, 2.05) is 0 Å². The molecule has 0 spiro atoms. The van der Waals surface area contributed by atoms with Crippen molar-refractivity contribution >= 4 is 50.1 Å². The van der Waals surface area contributed by atoms with Crippen LogP contribution in [0, 0.1) is 3.57 Å². The number of nitrogens with zero attached hydrogens (tertiary/aromatic N) is 3. The highest BCUT2D eigenvalue weighted by Crippen LogP contribution is 2.31. The summed E-state index contributed by atoms with van der Waals surface area (Å²) < 4.78 is 34.4. The Labute approximate surface area is 205 Å². The summed E-state index contributed by atoms with van der Waals surface area (Å²) in [5.41, 5.74) is 1.01. The fourth-order valence-electron chi connectivity index (χ4n) is 3.62. The molecule has 1 aromatic heterocycles. The van der Waals surface area contributed by atoms with Crippen LogP contribution in [-0.2, 0) is 26.2 Å². The summed E-state index contributed by atoms with van der Waals surface area (Å²) in [7, 11) is -2.64. The van der Waals surface area contributed by atoms with Gasteiger partial charge in [-0.05, 0) is 82.8 Å². The maximum Gasteiger partial charge on any atom is 0.252 e. The number of ether oxygens (including phenoxy) is 1. The Morgan fingerprint density at radius 2 is 1.79 bits per heavy atom. The van der Waals surface area contributed by atoms with Gasteiger partial charge < -0.3 is 4.74 Å². The van der Waals surface area contributed by atoms with E-state index in [9.17, 15) is 18.0 Å². The van der Waals surface area contributed by atoms with Crippen molar-refractivity contribution in [3.8, 4) is 5.75 Å². The number of sulfonamides is 1. The largest absolute Gasteiger partial charge is 0.497 e. The lowest BCUT2D eigenvalue weighted by Crippen LogP contribution is -2.45. The number of hydrogen-bond donors (Lipinski definition) is 0. The zero-order chi connectivity index (χ0) is 23.6. The molecule has 2 aromatic carbocycles. The van der Waals surface area contributed by atoms with E-state index in [1.165, 1.54) is 37.6 Å². The first-order valence-corrected chi connectivity index (χ1v) is 12.5. The molecule has 3 aromatic rings. The van der Waals surface area contributed by atoms with Crippen LogP contribution < -0.4 is 9.64 Å². The summed E-state index contributed by atoms with van der Waals surface area (Å²) in [6.45, 7) is -0.105. The van der Waals surface area contributed by atoms with Gasteiger partial charge in [-0.25, -0.2) is 13.3 Å². The Bertz CT molecular complexity index is 1270.